The van der Waals surface area contributed by atoms with Crippen molar-refractivity contribution in [2.24, 2.45) is 0 Å². The fraction of sp³-hybridized carbons (Fsp3) is 0.375. The molecule has 1 atom stereocenters. The van der Waals surface area contributed by atoms with Crippen molar-refractivity contribution in [1.29, 1.82) is 0 Å². The average Bonchev–Trinajstić information content (AvgIpc) is 2.46. The van der Waals surface area contributed by atoms with Crippen LogP contribution in [0, 0.1) is 0 Å². The summed E-state index contributed by atoms with van der Waals surface area (Å²) in [6.07, 6.45) is 2.13. The minimum atomic E-state index is 0.0447. The first-order valence-electron chi connectivity index (χ1n) is 7.10. The summed E-state index contributed by atoms with van der Waals surface area (Å²) >= 11 is 0. The lowest BCUT2D eigenvalue weighted by Crippen LogP contribution is -2.47. The molecule has 1 aliphatic heterocycles. The lowest BCUT2D eigenvalue weighted by atomic mass is 10.1. The van der Waals surface area contributed by atoms with Gasteiger partial charge in [0.2, 0.25) is 5.91 Å². The van der Waals surface area contributed by atoms with Crippen LogP contribution in [0.3, 0.4) is 0 Å². The molecule has 4 heteroatoms. The Labute approximate surface area is 118 Å². The number of hydrogen-bond acceptors (Lipinski definition) is 3. The van der Waals surface area contributed by atoms with Crippen molar-refractivity contribution in [2.45, 2.75) is 25.8 Å². The van der Waals surface area contributed by atoms with E-state index in [0.717, 1.165) is 42.7 Å². The van der Waals surface area contributed by atoms with E-state index in [9.17, 15) is 4.79 Å². The Morgan fingerprint density at radius 1 is 1.30 bits per heavy atom. The van der Waals surface area contributed by atoms with E-state index in [4.69, 9.17) is 4.98 Å². The van der Waals surface area contributed by atoms with Gasteiger partial charge in [-0.15, -0.1) is 0 Å². The number of anilines is 1. The van der Waals surface area contributed by atoms with Gasteiger partial charge in [-0.2, -0.15) is 0 Å². The van der Waals surface area contributed by atoms with E-state index in [0.29, 0.717) is 0 Å². The minimum Gasteiger partial charge on any atom is -0.355 e. The Balaban J connectivity index is 1.81. The van der Waals surface area contributed by atoms with Crippen LogP contribution in [0.5, 0.6) is 0 Å². The maximum absolute atomic E-state index is 11.2. The highest BCUT2D eigenvalue weighted by Crippen LogP contribution is 2.21. The molecular formula is C16H19N3O. The monoisotopic (exact) mass is 269 g/mol. The fourth-order valence-corrected chi connectivity index (χ4v) is 2.82. The fourth-order valence-electron chi connectivity index (χ4n) is 2.82. The highest BCUT2D eigenvalue weighted by atomic mass is 16.1. The molecule has 3 rings (SSSR count). The maximum Gasteiger partial charge on any atom is 0.217 e. The van der Waals surface area contributed by atoms with Gasteiger partial charge >= 0.3 is 0 Å². The van der Waals surface area contributed by atoms with Crippen molar-refractivity contribution in [3.05, 3.63) is 36.4 Å². The topological polar surface area (TPSA) is 45.2 Å². The van der Waals surface area contributed by atoms with Gasteiger partial charge in [-0.25, -0.2) is 4.98 Å². The lowest BCUT2D eigenvalue weighted by Gasteiger charge is -2.33. The molecule has 1 amide bonds. The Bertz CT molecular complexity index is 626. The Hall–Kier alpha value is -2.10. The van der Waals surface area contributed by atoms with E-state index in [1.165, 1.54) is 0 Å². The van der Waals surface area contributed by atoms with Crippen LogP contribution in [0.25, 0.3) is 10.9 Å². The summed E-state index contributed by atoms with van der Waals surface area (Å²) < 4.78 is 0. The van der Waals surface area contributed by atoms with Gasteiger partial charge in [-0.05, 0) is 31.0 Å². The average molecular weight is 269 g/mol. The molecule has 1 aromatic carbocycles. The second-order valence-corrected chi connectivity index (χ2v) is 5.35. The molecule has 4 nitrogen and oxygen atoms in total. The number of benzene rings is 1. The van der Waals surface area contributed by atoms with Crippen molar-refractivity contribution in [3.63, 3.8) is 0 Å². The highest BCUT2D eigenvalue weighted by molar-refractivity contribution is 5.80. The number of carbonyl (C=O) groups is 1. The number of nitrogens with one attached hydrogen (secondary N) is 1. The molecule has 0 spiro atoms. The first kappa shape index (κ1) is 12.9. The van der Waals surface area contributed by atoms with E-state index >= 15 is 0 Å². The third-order valence-corrected chi connectivity index (χ3v) is 3.74. The van der Waals surface area contributed by atoms with Gasteiger partial charge in [0.05, 0.1) is 5.52 Å². The molecule has 1 unspecified atom stereocenters. The summed E-state index contributed by atoms with van der Waals surface area (Å²) in [5, 5.41) is 4.17. The second-order valence-electron chi connectivity index (χ2n) is 5.35. The highest BCUT2D eigenvalue weighted by Gasteiger charge is 2.21. The number of carbonyl (C=O) groups excluding carboxylic acids is 1. The predicted molar refractivity (Wildman–Crippen MR) is 80.8 cm³/mol. The molecule has 1 N–H and O–H groups in total. The summed E-state index contributed by atoms with van der Waals surface area (Å²) in [4.78, 5) is 18.2. The molecule has 2 heterocycles. The van der Waals surface area contributed by atoms with Gasteiger partial charge in [-0.1, -0.05) is 18.2 Å². The zero-order valence-electron chi connectivity index (χ0n) is 11.7. The minimum absolute atomic E-state index is 0.0447. The van der Waals surface area contributed by atoms with Gasteiger partial charge < -0.3 is 10.2 Å². The number of piperidine rings is 1. The number of rotatable bonds is 2. The number of nitrogens with zero attached hydrogens (tertiary/aromatic N) is 2. The molecule has 0 radical (unpaired) electrons. The standard InChI is InChI=1S/C16H19N3O/c1-12(20)17-14-6-4-10-19(11-14)16-9-8-13-5-2-3-7-15(13)18-16/h2-3,5,7-9,14H,4,6,10-11H2,1H3,(H,17,20). The second kappa shape index (κ2) is 5.49. The van der Waals surface area contributed by atoms with Gasteiger partial charge in [0.1, 0.15) is 5.82 Å². The van der Waals surface area contributed by atoms with Crippen molar-refractivity contribution in [1.82, 2.24) is 10.3 Å². The third kappa shape index (κ3) is 2.74. The summed E-state index contributed by atoms with van der Waals surface area (Å²) in [5.41, 5.74) is 1.02. The molecule has 1 fully saturated rings. The summed E-state index contributed by atoms with van der Waals surface area (Å²) in [5.74, 6) is 1.04. The Kier molecular flexibility index (Phi) is 3.54. The summed E-state index contributed by atoms with van der Waals surface area (Å²) in [6, 6.07) is 12.6. The van der Waals surface area contributed by atoms with Crippen LogP contribution in [0.15, 0.2) is 36.4 Å². The van der Waals surface area contributed by atoms with Crippen LogP contribution in [0.2, 0.25) is 0 Å². The summed E-state index contributed by atoms with van der Waals surface area (Å²) in [6.45, 7) is 3.42. The van der Waals surface area contributed by atoms with Crippen LogP contribution < -0.4 is 10.2 Å². The van der Waals surface area contributed by atoms with Crippen molar-refractivity contribution in [2.75, 3.05) is 18.0 Å². The predicted octanol–water partition coefficient (Wildman–Crippen LogP) is 2.34. The lowest BCUT2D eigenvalue weighted by molar-refractivity contribution is -0.119. The van der Waals surface area contributed by atoms with E-state index in [2.05, 4.69) is 28.4 Å². The van der Waals surface area contributed by atoms with Crippen molar-refractivity contribution in [3.8, 4) is 0 Å². The van der Waals surface area contributed by atoms with E-state index in [1.807, 2.05) is 18.2 Å². The normalized spacial score (nSPS) is 19.1. The number of fused-ring (bicyclic) bond motifs is 1. The molecule has 2 aromatic rings. The zero-order chi connectivity index (χ0) is 13.9. The molecule has 1 aliphatic rings. The zero-order valence-corrected chi connectivity index (χ0v) is 11.7. The van der Waals surface area contributed by atoms with Crippen LogP contribution in [-0.2, 0) is 4.79 Å². The number of amides is 1. The van der Waals surface area contributed by atoms with Gasteiger partial charge in [0, 0.05) is 31.4 Å². The number of hydrogen-bond donors (Lipinski definition) is 1. The van der Waals surface area contributed by atoms with E-state index in [1.54, 1.807) is 6.92 Å². The molecule has 20 heavy (non-hydrogen) atoms. The van der Waals surface area contributed by atoms with E-state index < -0.39 is 0 Å². The maximum atomic E-state index is 11.2. The van der Waals surface area contributed by atoms with Gasteiger partial charge in [0.15, 0.2) is 0 Å². The van der Waals surface area contributed by atoms with Crippen molar-refractivity contribution < 1.29 is 4.79 Å². The van der Waals surface area contributed by atoms with E-state index in [-0.39, 0.29) is 11.9 Å². The SMILES string of the molecule is CC(=O)NC1CCCN(c2ccc3ccccc3n2)C1. The molecule has 0 aliphatic carbocycles. The number of pyridine rings is 1. The summed E-state index contributed by atoms with van der Waals surface area (Å²) in [7, 11) is 0. The molecule has 0 bridgehead atoms. The first-order valence-corrected chi connectivity index (χ1v) is 7.10. The van der Waals surface area contributed by atoms with Crippen LogP contribution in [0.1, 0.15) is 19.8 Å². The first-order chi connectivity index (χ1) is 9.72. The quantitative estimate of drug-likeness (QED) is 0.910. The largest absolute Gasteiger partial charge is 0.355 e. The van der Waals surface area contributed by atoms with Crippen LogP contribution in [0.4, 0.5) is 5.82 Å². The van der Waals surface area contributed by atoms with Crippen molar-refractivity contribution >= 4 is 22.6 Å². The number of para-hydroxylation sites is 1. The third-order valence-electron chi connectivity index (χ3n) is 3.74. The smallest absolute Gasteiger partial charge is 0.217 e. The molecule has 104 valence electrons. The number of aromatic nitrogens is 1. The Morgan fingerprint density at radius 3 is 3.00 bits per heavy atom. The molecular weight excluding hydrogens is 250 g/mol. The molecule has 1 saturated heterocycles. The Morgan fingerprint density at radius 2 is 2.15 bits per heavy atom. The molecule has 1 aromatic heterocycles. The van der Waals surface area contributed by atoms with Crippen LogP contribution >= 0.6 is 0 Å². The van der Waals surface area contributed by atoms with Gasteiger partial charge in [0.25, 0.3) is 0 Å². The van der Waals surface area contributed by atoms with Gasteiger partial charge in [-0.3, -0.25) is 4.79 Å². The molecule has 0 saturated carbocycles. The van der Waals surface area contributed by atoms with Crippen LogP contribution in [-0.4, -0.2) is 30.0 Å².